The molecule has 0 spiro atoms. The Kier molecular flexibility index (Phi) is 3.96. The Hall–Kier alpha value is -1.75. The summed E-state index contributed by atoms with van der Waals surface area (Å²) in [7, 11) is 1.49. The highest BCUT2D eigenvalue weighted by Crippen LogP contribution is 2.23. The topological polar surface area (TPSA) is 84.6 Å². The van der Waals surface area contributed by atoms with Crippen LogP contribution in [0, 0.1) is 0 Å². The van der Waals surface area contributed by atoms with E-state index in [9.17, 15) is 9.90 Å². The number of carbonyl (C=O) groups excluding carboxylic acids is 1. The van der Waals surface area contributed by atoms with Crippen molar-refractivity contribution >= 4 is 5.91 Å². The van der Waals surface area contributed by atoms with Crippen LogP contribution in [0.5, 0.6) is 11.5 Å². The summed E-state index contributed by atoms with van der Waals surface area (Å²) in [6, 6.07) is 4.51. The molecular formula is C12H18N2O3. The zero-order valence-electron chi connectivity index (χ0n) is 10.3. The highest BCUT2D eigenvalue weighted by Gasteiger charge is 2.16. The Morgan fingerprint density at radius 1 is 1.53 bits per heavy atom. The zero-order valence-corrected chi connectivity index (χ0v) is 10.3. The van der Waals surface area contributed by atoms with E-state index in [1.165, 1.54) is 19.2 Å². The van der Waals surface area contributed by atoms with Crippen molar-refractivity contribution in [2.24, 2.45) is 5.73 Å². The van der Waals surface area contributed by atoms with Crippen LogP contribution < -0.4 is 15.8 Å². The standard InChI is InChI=1S/C12H18N2O3/c1-12(2,13)7-14-11(16)9-5-4-8(17-3)6-10(9)15/h4-6,15H,7,13H2,1-3H3,(H,14,16). The molecule has 0 unspecified atom stereocenters. The molecule has 4 N–H and O–H groups in total. The number of phenolic OH excluding ortho intramolecular Hbond substituents is 1. The molecule has 0 heterocycles. The van der Waals surface area contributed by atoms with Gasteiger partial charge in [0.2, 0.25) is 0 Å². The van der Waals surface area contributed by atoms with E-state index in [2.05, 4.69) is 5.32 Å². The van der Waals surface area contributed by atoms with Crippen LogP contribution in [-0.2, 0) is 0 Å². The van der Waals surface area contributed by atoms with Crippen molar-refractivity contribution in [3.05, 3.63) is 23.8 Å². The number of methoxy groups -OCH3 is 1. The molecule has 0 aliphatic carbocycles. The molecule has 0 fully saturated rings. The number of hydrogen-bond acceptors (Lipinski definition) is 4. The maximum absolute atomic E-state index is 11.7. The number of nitrogens with two attached hydrogens (primary N) is 1. The predicted molar refractivity (Wildman–Crippen MR) is 65.3 cm³/mol. The third-order valence-electron chi connectivity index (χ3n) is 2.15. The molecule has 0 aliphatic rings. The number of aromatic hydroxyl groups is 1. The van der Waals surface area contributed by atoms with Crippen LogP contribution in [0.4, 0.5) is 0 Å². The number of amides is 1. The van der Waals surface area contributed by atoms with E-state index in [4.69, 9.17) is 10.5 Å². The van der Waals surface area contributed by atoms with E-state index in [0.717, 1.165) is 0 Å². The molecule has 5 heteroatoms. The molecule has 1 aromatic carbocycles. The molecule has 0 radical (unpaired) electrons. The lowest BCUT2D eigenvalue weighted by Crippen LogP contribution is -2.45. The van der Waals surface area contributed by atoms with Crippen LogP contribution in [0.15, 0.2) is 18.2 Å². The monoisotopic (exact) mass is 238 g/mol. The summed E-state index contributed by atoms with van der Waals surface area (Å²) in [6.45, 7) is 3.94. The van der Waals surface area contributed by atoms with Gasteiger partial charge in [0.05, 0.1) is 12.7 Å². The molecule has 0 saturated carbocycles. The molecule has 0 atom stereocenters. The average Bonchev–Trinajstić information content (AvgIpc) is 2.24. The Balaban J connectivity index is 2.76. The lowest BCUT2D eigenvalue weighted by atomic mass is 10.1. The van der Waals surface area contributed by atoms with Crippen molar-refractivity contribution in [3.8, 4) is 11.5 Å². The molecule has 0 aliphatic heterocycles. The summed E-state index contributed by atoms with van der Waals surface area (Å²) < 4.78 is 4.93. The fourth-order valence-electron chi connectivity index (χ4n) is 1.23. The Bertz CT molecular complexity index is 411. The van der Waals surface area contributed by atoms with Gasteiger partial charge in [-0.25, -0.2) is 0 Å². The zero-order chi connectivity index (χ0) is 13.1. The van der Waals surface area contributed by atoms with E-state index in [0.29, 0.717) is 12.3 Å². The van der Waals surface area contributed by atoms with Gasteiger partial charge in [0, 0.05) is 18.2 Å². The molecule has 94 valence electrons. The first-order chi connectivity index (χ1) is 7.83. The minimum absolute atomic E-state index is 0.114. The predicted octanol–water partition coefficient (Wildman–Crippen LogP) is 0.868. The molecule has 1 rings (SSSR count). The SMILES string of the molecule is COc1ccc(C(=O)NCC(C)(C)N)c(O)c1. The quantitative estimate of drug-likeness (QED) is 0.726. The van der Waals surface area contributed by atoms with Crippen molar-refractivity contribution < 1.29 is 14.6 Å². The van der Waals surface area contributed by atoms with Crippen LogP contribution in [0.2, 0.25) is 0 Å². The fourth-order valence-corrected chi connectivity index (χ4v) is 1.23. The highest BCUT2D eigenvalue weighted by molar-refractivity contribution is 5.97. The molecule has 1 amide bonds. The van der Waals surface area contributed by atoms with Crippen LogP contribution in [0.25, 0.3) is 0 Å². The molecule has 1 aromatic rings. The molecule has 17 heavy (non-hydrogen) atoms. The third-order valence-corrected chi connectivity index (χ3v) is 2.15. The second kappa shape index (κ2) is 5.05. The largest absolute Gasteiger partial charge is 0.507 e. The van der Waals surface area contributed by atoms with Crippen molar-refractivity contribution in [1.82, 2.24) is 5.32 Å². The second-order valence-corrected chi connectivity index (χ2v) is 4.55. The number of phenols is 1. The summed E-state index contributed by atoms with van der Waals surface area (Å²) in [5.41, 5.74) is 5.46. The minimum Gasteiger partial charge on any atom is -0.507 e. The van der Waals surface area contributed by atoms with E-state index in [-0.39, 0.29) is 17.2 Å². The van der Waals surface area contributed by atoms with Gasteiger partial charge >= 0.3 is 0 Å². The minimum atomic E-state index is -0.488. The Labute approximate surface area is 101 Å². The normalized spacial score (nSPS) is 11.1. The van der Waals surface area contributed by atoms with Crippen molar-refractivity contribution in [2.75, 3.05) is 13.7 Å². The second-order valence-electron chi connectivity index (χ2n) is 4.55. The number of ether oxygens (including phenoxy) is 1. The van der Waals surface area contributed by atoms with Gasteiger partial charge < -0.3 is 20.9 Å². The molecule has 5 nitrogen and oxygen atoms in total. The fraction of sp³-hybridized carbons (Fsp3) is 0.417. The average molecular weight is 238 g/mol. The van der Waals surface area contributed by atoms with Gasteiger partial charge in [-0.15, -0.1) is 0 Å². The number of carbonyl (C=O) groups is 1. The smallest absolute Gasteiger partial charge is 0.255 e. The van der Waals surface area contributed by atoms with Gasteiger partial charge in [-0.1, -0.05) is 0 Å². The van der Waals surface area contributed by atoms with E-state index in [1.807, 2.05) is 0 Å². The van der Waals surface area contributed by atoms with E-state index >= 15 is 0 Å². The molecule has 0 bridgehead atoms. The van der Waals surface area contributed by atoms with Gasteiger partial charge in [-0.2, -0.15) is 0 Å². The van der Waals surface area contributed by atoms with E-state index < -0.39 is 5.54 Å². The van der Waals surface area contributed by atoms with Crippen molar-refractivity contribution in [3.63, 3.8) is 0 Å². The number of hydrogen-bond donors (Lipinski definition) is 3. The van der Waals surface area contributed by atoms with Gasteiger partial charge in [0.15, 0.2) is 0 Å². The molecule has 0 aromatic heterocycles. The highest BCUT2D eigenvalue weighted by atomic mass is 16.5. The van der Waals surface area contributed by atoms with Crippen molar-refractivity contribution in [2.45, 2.75) is 19.4 Å². The van der Waals surface area contributed by atoms with Crippen LogP contribution >= 0.6 is 0 Å². The lowest BCUT2D eigenvalue weighted by Gasteiger charge is -2.19. The first-order valence-electron chi connectivity index (χ1n) is 5.27. The van der Waals surface area contributed by atoms with Gasteiger partial charge in [0.25, 0.3) is 5.91 Å². The van der Waals surface area contributed by atoms with Gasteiger partial charge in [-0.05, 0) is 26.0 Å². The number of rotatable bonds is 4. The summed E-state index contributed by atoms with van der Waals surface area (Å²) in [5, 5.41) is 12.3. The number of nitrogens with one attached hydrogen (secondary N) is 1. The lowest BCUT2D eigenvalue weighted by molar-refractivity contribution is 0.0943. The van der Waals surface area contributed by atoms with Crippen LogP contribution in [-0.4, -0.2) is 30.2 Å². The maximum atomic E-state index is 11.7. The van der Waals surface area contributed by atoms with Gasteiger partial charge in [-0.3, -0.25) is 4.79 Å². The Morgan fingerprint density at radius 3 is 2.65 bits per heavy atom. The van der Waals surface area contributed by atoms with Gasteiger partial charge in [0.1, 0.15) is 11.5 Å². The maximum Gasteiger partial charge on any atom is 0.255 e. The number of benzene rings is 1. The summed E-state index contributed by atoms with van der Waals surface area (Å²) >= 11 is 0. The van der Waals surface area contributed by atoms with E-state index in [1.54, 1.807) is 19.9 Å². The van der Waals surface area contributed by atoms with Crippen LogP contribution in [0.3, 0.4) is 0 Å². The first kappa shape index (κ1) is 13.3. The molecule has 0 saturated heterocycles. The van der Waals surface area contributed by atoms with Crippen LogP contribution in [0.1, 0.15) is 24.2 Å². The third kappa shape index (κ3) is 3.96. The Morgan fingerprint density at radius 2 is 2.18 bits per heavy atom. The summed E-state index contributed by atoms with van der Waals surface area (Å²) in [6.07, 6.45) is 0. The summed E-state index contributed by atoms with van der Waals surface area (Å²) in [4.78, 5) is 11.7. The summed E-state index contributed by atoms with van der Waals surface area (Å²) in [5.74, 6) is 0.0264. The van der Waals surface area contributed by atoms with Crippen molar-refractivity contribution in [1.29, 1.82) is 0 Å². The molecular weight excluding hydrogens is 220 g/mol. The first-order valence-corrected chi connectivity index (χ1v) is 5.27.